The first-order valence-electron chi connectivity index (χ1n) is 8.29. The van der Waals surface area contributed by atoms with Gasteiger partial charge in [-0.3, -0.25) is 0 Å². The molecule has 0 saturated carbocycles. The van der Waals surface area contributed by atoms with E-state index in [1.165, 1.54) is 0 Å². The van der Waals surface area contributed by atoms with Gasteiger partial charge in [-0.25, -0.2) is 0 Å². The van der Waals surface area contributed by atoms with E-state index in [0.29, 0.717) is 12.4 Å². The summed E-state index contributed by atoms with van der Waals surface area (Å²) in [6.07, 6.45) is -2.27. The average Bonchev–Trinajstić information content (AvgIpc) is 3.21. The van der Waals surface area contributed by atoms with Crippen LogP contribution in [0.3, 0.4) is 0 Å². The van der Waals surface area contributed by atoms with Gasteiger partial charge in [-0.15, -0.1) is 10.1 Å². The zero-order valence-electron chi connectivity index (χ0n) is 14.3. The average molecular weight is 370 g/mol. The number of nitrogens with one attached hydrogen (secondary N) is 1. The summed E-state index contributed by atoms with van der Waals surface area (Å²) < 4.78 is 21.7. The fourth-order valence-electron chi connectivity index (χ4n) is 3.05. The van der Waals surface area contributed by atoms with Crippen LogP contribution in [0.2, 0.25) is 0 Å². The zero-order valence-corrected chi connectivity index (χ0v) is 14.3. The highest BCUT2D eigenvalue weighted by atomic mass is 17.0. The van der Waals surface area contributed by atoms with Crippen molar-refractivity contribution in [3.63, 3.8) is 0 Å². The van der Waals surface area contributed by atoms with Crippen LogP contribution in [-0.4, -0.2) is 74.1 Å². The van der Waals surface area contributed by atoms with Crippen LogP contribution in [0.25, 0.3) is 0 Å². The molecule has 2 N–H and O–H groups in total. The molecule has 0 radical (unpaired) electrons. The van der Waals surface area contributed by atoms with E-state index in [1.54, 1.807) is 31.4 Å². The maximum atomic E-state index is 10.5. The molecule has 2 saturated heterocycles. The van der Waals surface area contributed by atoms with Crippen LogP contribution in [-0.2, 0) is 14.3 Å². The molecule has 3 rings (SSSR count). The summed E-state index contributed by atoms with van der Waals surface area (Å²) in [5.74, 6) is 1.36. The summed E-state index contributed by atoms with van der Waals surface area (Å²) in [6.45, 7) is 0.836. The maximum absolute atomic E-state index is 10.5. The van der Waals surface area contributed by atoms with Crippen molar-refractivity contribution in [1.29, 1.82) is 0 Å². The number of ether oxygens (including phenoxy) is 4. The van der Waals surface area contributed by atoms with E-state index in [-0.39, 0.29) is 31.9 Å². The first-order chi connectivity index (χ1) is 12.6. The van der Waals surface area contributed by atoms with Crippen LogP contribution in [0.15, 0.2) is 24.3 Å². The number of nitrogens with zero attached hydrogens (tertiary/aromatic N) is 1. The number of rotatable bonds is 9. The van der Waals surface area contributed by atoms with Crippen molar-refractivity contribution in [2.75, 3.05) is 33.5 Å². The van der Waals surface area contributed by atoms with Gasteiger partial charge in [-0.05, 0) is 24.3 Å². The van der Waals surface area contributed by atoms with Gasteiger partial charge in [0.25, 0.3) is 5.09 Å². The van der Waals surface area contributed by atoms with Crippen molar-refractivity contribution in [2.24, 2.45) is 0 Å². The minimum absolute atomic E-state index is 0.109. The molecule has 26 heavy (non-hydrogen) atoms. The Labute approximate surface area is 150 Å². The van der Waals surface area contributed by atoms with Crippen LogP contribution in [0.4, 0.5) is 0 Å². The number of hydrogen-bond donors (Lipinski definition) is 2. The smallest absolute Gasteiger partial charge is 0.294 e. The predicted octanol–water partition coefficient (Wildman–Crippen LogP) is -0.232. The van der Waals surface area contributed by atoms with Crippen LogP contribution in [0.5, 0.6) is 11.5 Å². The van der Waals surface area contributed by atoms with Crippen molar-refractivity contribution in [3.8, 4) is 11.5 Å². The molecule has 2 fully saturated rings. The highest BCUT2D eigenvalue weighted by molar-refractivity contribution is 5.31. The van der Waals surface area contributed by atoms with Gasteiger partial charge in [-0.2, -0.15) is 0 Å². The summed E-state index contributed by atoms with van der Waals surface area (Å²) >= 11 is 0. The van der Waals surface area contributed by atoms with Crippen LogP contribution in [0, 0.1) is 10.1 Å². The number of benzene rings is 1. The molecule has 0 aromatic heterocycles. The Morgan fingerprint density at radius 1 is 1.27 bits per heavy atom. The molecular formula is C16H22N2O8. The molecule has 10 nitrogen and oxygen atoms in total. The van der Waals surface area contributed by atoms with E-state index in [1.807, 2.05) is 0 Å². The third-order valence-corrected chi connectivity index (χ3v) is 4.35. The Morgan fingerprint density at radius 2 is 1.96 bits per heavy atom. The summed E-state index contributed by atoms with van der Waals surface area (Å²) in [4.78, 5) is 15.0. The predicted molar refractivity (Wildman–Crippen MR) is 87.6 cm³/mol. The number of hydrogen-bond acceptors (Lipinski definition) is 9. The molecule has 2 aliphatic heterocycles. The van der Waals surface area contributed by atoms with Gasteiger partial charge in [0.2, 0.25) is 0 Å². The fourth-order valence-corrected chi connectivity index (χ4v) is 3.05. The standard InChI is InChI=1S/C16H22N2O8/c1-22-11-2-4-12(5-3-11)23-7-10(19)6-17-13-8-24-16-14(26-18(20)21)9-25-15(13)16/h2-5,10,13-17,19H,6-9H2,1H3/t10?,13-,14-,15+,16+/m0/s1. The normalized spacial score (nSPS) is 28.4. The summed E-state index contributed by atoms with van der Waals surface area (Å²) in [5.41, 5.74) is 0. The molecule has 0 aliphatic carbocycles. The minimum Gasteiger partial charge on any atom is -0.497 e. The van der Waals surface area contributed by atoms with Gasteiger partial charge >= 0.3 is 0 Å². The van der Waals surface area contributed by atoms with Gasteiger partial charge in [0.05, 0.1) is 26.4 Å². The molecule has 0 amide bonds. The molecule has 5 atom stereocenters. The van der Waals surface area contributed by atoms with Crippen molar-refractivity contribution in [1.82, 2.24) is 5.32 Å². The van der Waals surface area contributed by atoms with Crippen molar-refractivity contribution in [2.45, 2.75) is 30.5 Å². The number of methoxy groups -OCH3 is 1. The van der Waals surface area contributed by atoms with Gasteiger partial charge < -0.3 is 34.2 Å². The highest BCUT2D eigenvalue weighted by Crippen LogP contribution is 2.28. The Balaban J connectivity index is 1.39. The lowest BCUT2D eigenvalue weighted by Crippen LogP contribution is -2.45. The molecule has 10 heteroatoms. The lowest BCUT2D eigenvalue weighted by Gasteiger charge is -2.20. The molecule has 1 unspecified atom stereocenters. The molecule has 144 valence electrons. The largest absolute Gasteiger partial charge is 0.497 e. The van der Waals surface area contributed by atoms with E-state index in [0.717, 1.165) is 5.75 Å². The van der Waals surface area contributed by atoms with Crippen LogP contribution >= 0.6 is 0 Å². The van der Waals surface area contributed by atoms with E-state index >= 15 is 0 Å². The Kier molecular flexibility index (Phi) is 6.09. The number of aliphatic hydroxyl groups is 1. The topological polar surface area (TPSA) is 122 Å². The molecule has 2 aliphatic rings. The second kappa shape index (κ2) is 8.49. The van der Waals surface area contributed by atoms with E-state index in [2.05, 4.69) is 10.2 Å². The first kappa shape index (κ1) is 18.6. The van der Waals surface area contributed by atoms with Gasteiger partial charge in [0.15, 0.2) is 6.10 Å². The Bertz CT molecular complexity index is 598. The van der Waals surface area contributed by atoms with Gasteiger partial charge in [0.1, 0.15) is 36.4 Å². The fraction of sp³-hybridized carbons (Fsp3) is 0.625. The zero-order chi connectivity index (χ0) is 18.5. The second-order valence-electron chi connectivity index (χ2n) is 6.12. The summed E-state index contributed by atoms with van der Waals surface area (Å²) in [5, 5.41) is 22.9. The Hall–Kier alpha value is -2.14. The minimum atomic E-state index is -0.833. The van der Waals surface area contributed by atoms with Gasteiger partial charge in [-0.1, -0.05) is 0 Å². The summed E-state index contributed by atoms with van der Waals surface area (Å²) in [7, 11) is 1.59. The molecule has 1 aromatic carbocycles. The van der Waals surface area contributed by atoms with Crippen LogP contribution in [0.1, 0.15) is 0 Å². The molecule has 1 aromatic rings. The lowest BCUT2D eigenvalue weighted by atomic mass is 10.1. The number of fused-ring (bicyclic) bond motifs is 1. The second-order valence-corrected chi connectivity index (χ2v) is 6.12. The van der Waals surface area contributed by atoms with E-state index in [4.69, 9.17) is 18.9 Å². The monoisotopic (exact) mass is 370 g/mol. The SMILES string of the molecule is COc1ccc(OCC(O)CN[C@H]2CO[C@H]3[C@@H]2OC[C@@H]3O[N+](=O)[O-])cc1. The third kappa shape index (κ3) is 4.52. The van der Waals surface area contributed by atoms with Crippen molar-refractivity contribution < 1.29 is 34.0 Å². The van der Waals surface area contributed by atoms with Gasteiger partial charge in [0, 0.05) is 6.54 Å². The van der Waals surface area contributed by atoms with Crippen LogP contribution < -0.4 is 14.8 Å². The highest BCUT2D eigenvalue weighted by Gasteiger charge is 2.49. The third-order valence-electron chi connectivity index (χ3n) is 4.35. The molecule has 2 heterocycles. The molecule has 0 bridgehead atoms. The van der Waals surface area contributed by atoms with Crippen molar-refractivity contribution in [3.05, 3.63) is 34.4 Å². The molecular weight excluding hydrogens is 348 g/mol. The van der Waals surface area contributed by atoms with Crippen molar-refractivity contribution >= 4 is 0 Å². The first-order valence-corrected chi connectivity index (χ1v) is 8.29. The Morgan fingerprint density at radius 3 is 2.65 bits per heavy atom. The quantitative estimate of drug-likeness (QED) is 0.448. The lowest BCUT2D eigenvalue weighted by molar-refractivity contribution is -0.769. The number of aliphatic hydroxyl groups excluding tert-OH is 1. The summed E-state index contributed by atoms with van der Waals surface area (Å²) in [6, 6.07) is 6.90. The van der Waals surface area contributed by atoms with E-state index in [9.17, 15) is 15.2 Å². The molecule has 0 spiro atoms. The maximum Gasteiger partial charge on any atom is 0.294 e. The van der Waals surface area contributed by atoms with E-state index < -0.39 is 23.4 Å².